The molecule has 1 aromatic heterocycles. The van der Waals surface area contributed by atoms with Crippen LogP contribution in [0.5, 0.6) is 0 Å². The summed E-state index contributed by atoms with van der Waals surface area (Å²) in [6.07, 6.45) is 13.9. The van der Waals surface area contributed by atoms with E-state index in [1.165, 1.54) is 5.56 Å². The molecule has 0 saturated carbocycles. The van der Waals surface area contributed by atoms with Crippen molar-refractivity contribution < 1.29 is 157 Å². The molecule has 516 valence electrons. The zero-order valence-corrected chi connectivity index (χ0v) is 65.7. The Kier molecular flexibility index (Phi) is 39.5. The van der Waals surface area contributed by atoms with Crippen LogP contribution in [0, 0.1) is 13.0 Å². The van der Waals surface area contributed by atoms with Gasteiger partial charge in [-0.15, -0.1) is 36.9 Å². The monoisotopic (exact) mass is 1450 g/mol. The largest absolute Gasteiger partial charge is 1.00 e. The van der Waals surface area contributed by atoms with Crippen LogP contribution in [0.4, 0.5) is 11.5 Å². The van der Waals surface area contributed by atoms with Crippen molar-refractivity contribution in [2.45, 2.75) is 153 Å². The number of aliphatic carboxylic acids is 1. The maximum atomic E-state index is 14.3. The number of carboxylic acids is 1. The van der Waals surface area contributed by atoms with E-state index in [4.69, 9.17) is 53.3 Å². The number of hydrogen-bond donors (Lipinski definition) is 8. The van der Waals surface area contributed by atoms with Crippen molar-refractivity contribution in [1.29, 1.82) is 0 Å². The van der Waals surface area contributed by atoms with Crippen LogP contribution in [0.15, 0.2) is 125 Å². The number of unbranched alkanes of at least 4 members (excludes halogenated alkanes) is 2. The molecule has 4 heterocycles. The number of aromatic nitrogens is 1. The standard InChI is InChI=1S/C67H84ClN12O8.3Na.2O3S/c1-7-9-36-79-42-47(68)39-49-60(79)78-55(66(49,3)4)30-28-45(29-31-56-67(5,6)48-23-13-14-26-54(48)80(56)35-8-2)46-22-17-21-44(37-46)27-32-57(81)71-33-16-15-24-51-62(86)75-50(25-18-34-72-65(69)70)61(85)73-41-58(82)74-53(40-59(83)84)64(88)77-52(63(87)76-51)38-43-19-11-10-12-20-43;;;;2*1-4(2)3/h10-12,14,17,19-23,26,28-31,37,39,42,50-53H,2,7-9,15-16,18,24-25,27,32-36,38,40-41H2,1,3-6H3,(H,71,81)(H,73,85)(H,74,82)(H,75,86)(H,76,87)(H,77,88)(H,83,84)(H4,69,70,72);;;;;/q-1;3*+1;;/p-1/t50-,51-,52+,53-;;;;;/m0...../s1. The molecule has 0 bridgehead atoms. The predicted molar refractivity (Wildman–Crippen MR) is 359 cm³/mol. The zero-order chi connectivity index (χ0) is 70.7. The Hall–Kier alpha value is -6.41. The zero-order valence-electron chi connectivity index (χ0n) is 57.3. The summed E-state index contributed by atoms with van der Waals surface area (Å²) >= 11 is 6.71. The number of nitrogens with two attached hydrogens (primary N) is 2. The minimum atomic E-state index is -3.11. The Bertz CT molecular complexity index is 3840. The van der Waals surface area contributed by atoms with Crippen LogP contribution in [0.3, 0.4) is 0 Å². The number of aryl methyl sites for hydroxylation is 2. The number of carbonyl (C=O) groups excluding carboxylic acids is 7. The van der Waals surface area contributed by atoms with Gasteiger partial charge in [-0.3, -0.25) is 33.8 Å². The second kappa shape index (κ2) is 44.1. The first-order valence-corrected chi connectivity index (χ1v) is 33.6. The van der Waals surface area contributed by atoms with Gasteiger partial charge in [-0.1, -0.05) is 111 Å². The first-order valence-electron chi connectivity index (χ1n) is 31.2. The first kappa shape index (κ1) is 88.7. The molecular formula is C67H83ClN12Na3O14S2+. The Morgan fingerprint density at radius 3 is 2.08 bits per heavy atom. The van der Waals surface area contributed by atoms with E-state index in [0.29, 0.717) is 36.3 Å². The summed E-state index contributed by atoms with van der Waals surface area (Å²) in [4.78, 5) is 106. The molecule has 0 unspecified atom stereocenters. The first-order chi connectivity index (χ1) is 45.5. The topological polar surface area (TPSA) is 401 Å². The molecule has 3 aliphatic heterocycles. The molecule has 3 aliphatic rings. The minimum Gasteiger partial charge on any atom is -0.550 e. The summed E-state index contributed by atoms with van der Waals surface area (Å²) in [6.45, 7) is 16.4. The van der Waals surface area contributed by atoms with Crippen LogP contribution in [-0.2, 0) is 85.0 Å². The van der Waals surface area contributed by atoms with Gasteiger partial charge in [0.05, 0.1) is 29.1 Å². The van der Waals surface area contributed by atoms with Crippen LogP contribution in [-0.4, -0.2) is 129 Å². The summed E-state index contributed by atoms with van der Waals surface area (Å²) in [5.74, 6) is -5.29. The van der Waals surface area contributed by atoms with E-state index in [2.05, 4.69) is 143 Å². The molecule has 0 aliphatic carbocycles. The quantitative estimate of drug-likeness (QED) is 0.00582. The van der Waals surface area contributed by atoms with Crippen molar-refractivity contribution >= 4 is 103 Å². The Labute approximate surface area is 652 Å². The number of allylic oxidation sites excluding steroid dienone is 6. The smallest absolute Gasteiger partial charge is 0.550 e. The number of hydrogen-bond acceptors (Lipinski definition) is 17. The molecule has 4 aromatic rings. The SMILES string of the molecule is O=S(=O)=O.O=S(=O)=O.[CH2-]CCN1\C(=C/C=C(/C=C/C2=Nc3c(cc(Cl)c[n+]3CCCC)C2(C)C)c2cccc(CCC(=O)NCCCC[C@@H]3NC(=O)[C@@H](Cc4ccccc4)NC(=O)[C@H](CC(=O)[O-])NC(=O)CNC(=O)[C@H](CCCN=C(N)N)NC3=O)c2)C(C)(C)c2c[c-]ccc21.[Na+].[Na+].[Na+]. The number of pyridine rings is 1. The van der Waals surface area contributed by atoms with Crippen LogP contribution in [0.2, 0.25) is 5.02 Å². The predicted octanol–water partition coefficient (Wildman–Crippen LogP) is -6.13. The number of nitrogens with zero attached hydrogens (tertiary/aromatic N) is 4. The number of amides is 6. The van der Waals surface area contributed by atoms with Gasteiger partial charge in [0.25, 0.3) is 0 Å². The van der Waals surface area contributed by atoms with E-state index < -0.39 is 99.3 Å². The molecule has 3 aromatic carbocycles. The van der Waals surface area contributed by atoms with Crippen molar-refractivity contribution in [2.75, 3.05) is 31.1 Å². The van der Waals surface area contributed by atoms with Crippen LogP contribution in [0.25, 0.3) is 5.57 Å². The van der Waals surface area contributed by atoms with Gasteiger partial charge in [0.2, 0.25) is 35.4 Å². The van der Waals surface area contributed by atoms with Crippen LogP contribution < -0.4 is 147 Å². The van der Waals surface area contributed by atoms with Gasteiger partial charge in [0.1, 0.15) is 30.4 Å². The third kappa shape index (κ3) is 28.5. The fraction of sp³-hybridized carbons (Fsp3) is 0.418. The number of aliphatic imine (C=N–C) groups is 2. The van der Waals surface area contributed by atoms with E-state index in [-0.39, 0.29) is 151 Å². The van der Waals surface area contributed by atoms with Gasteiger partial charge in [-0.05, 0) is 116 Å². The number of carbonyl (C=O) groups is 7. The molecular weight excluding hydrogens is 1370 g/mol. The molecule has 26 nitrogen and oxygen atoms in total. The molecule has 6 amide bonds. The fourth-order valence-corrected chi connectivity index (χ4v) is 11.4. The maximum Gasteiger partial charge on any atom is 1.00 e. The molecule has 1 fully saturated rings. The third-order valence-electron chi connectivity index (χ3n) is 16.0. The molecule has 10 N–H and O–H groups in total. The second-order valence-electron chi connectivity index (χ2n) is 23.8. The summed E-state index contributed by atoms with van der Waals surface area (Å²) in [6, 6.07) is 22.8. The van der Waals surface area contributed by atoms with Crippen LogP contribution >= 0.6 is 11.6 Å². The Morgan fingerprint density at radius 2 is 1.43 bits per heavy atom. The molecule has 0 spiro atoms. The van der Waals surface area contributed by atoms with Crippen molar-refractivity contribution in [3.05, 3.63) is 161 Å². The molecule has 32 heteroatoms. The minimum absolute atomic E-state index is 0. The van der Waals surface area contributed by atoms with Crippen molar-refractivity contribution in [2.24, 2.45) is 21.5 Å². The molecule has 99 heavy (non-hydrogen) atoms. The van der Waals surface area contributed by atoms with E-state index in [1.54, 1.807) is 30.3 Å². The molecule has 0 radical (unpaired) electrons. The van der Waals surface area contributed by atoms with Gasteiger partial charge < -0.3 is 65.1 Å². The summed E-state index contributed by atoms with van der Waals surface area (Å²) in [5, 5.41) is 28.2. The summed E-state index contributed by atoms with van der Waals surface area (Å²) in [5.41, 5.74) is 19.2. The number of rotatable bonds is 25. The third-order valence-corrected chi connectivity index (χ3v) is 16.2. The maximum absolute atomic E-state index is 14.3. The number of guanidine groups is 1. The van der Waals surface area contributed by atoms with Gasteiger partial charge in [-0.25, -0.2) is 4.57 Å². The second-order valence-corrected chi connectivity index (χ2v) is 25.1. The van der Waals surface area contributed by atoms with E-state index in [1.807, 2.05) is 30.5 Å². The van der Waals surface area contributed by atoms with Gasteiger partial charge in [-0.2, -0.15) is 24.6 Å². The molecule has 4 atom stereocenters. The van der Waals surface area contributed by atoms with Crippen LogP contribution in [0.1, 0.15) is 127 Å². The van der Waals surface area contributed by atoms with Crippen molar-refractivity contribution in [1.82, 2.24) is 31.9 Å². The fourth-order valence-electron chi connectivity index (χ4n) is 11.2. The van der Waals surface area contributed by atoms with Crippen molar-refractivity contribution in [3.63, 3.8) is 0 Å². The number of benzene rings is 3. The number of nitrogens with one attached hydrogen (secondary N) is 6. The molecule has 1 saturated heterocycles. The summed E-state index contributed by atoms with van der Waals surface area (Å²) in [7, 11) is -6.22. The number of fused-ring (bicyclic) bond motifs is 2. The molecule has 7 rings (SSSR count). The van der Waals surface area contributed by atoms with E-state index in [9.17, 15) is 38.7 Å². The van der Waals surface area contributed by atoms with Gasteiger partial charge in [0.15, 0.2) is 11.7 Å². The number of carboxylic acid groups (broad SMARTS) is 1. The van der Waals surface area contributed by atoms with Gasteiger partial charge in [0, 0.05) is 44.0 Å². The average Bonchev–Trinajstić information content (AvgIpc) is 1.61. The van der Waals surface area contributed by atoms with E-state index >= 15 is 0 Å². The Balaban J connectivity index is 0.00000287. The Morgan fingerprint density at radius 1 is 0.808 bits per heavy atom. The summed E-state index contributed by atoms with van der Waals surface area (Å²) < 4.78 is 52.8. The number of anilines is 1. The average molecular weight is 1450 g/mol. The number of halogens is 1. The van der Waals surface area contributed by atoms with E-state index in [0.717, 1.165) is 71.1 Å². The normalized spacial score (nSPS) is 18.2. The van der Waals surface area contributed by atoms with Crippen molar-refractivity contribution in [3.8, 4) is 0 Å². The van der Waals surface area contributed by atoms with Gasteiger partial charge >= 0.3 is 116 Å².